The third-order valence-electron chi connectivity index (χ3n) is 9.65. The summed E-state index contributed by atoms with van der Waals surface area (Å²) in [5.41, 5.74) is 1.28. The minimum Gasteiger partial charge on any atom is -0.480 e. The molecule has 0 amide bonds. The molecule has 0 bridgehead atoms. The molecule has 4 atom stereocenters. The number of carbonyl (C=O) groups is 4. The molecule has 2 heterocycles. The summed E-state index contributed by atoms with van der Waals surface area (Å²) in [6.45, 7) is 2.20. The van der Waals surface area contributed by atoms with Crippen molar-refractivity contribution < 1.29 is 39.2 Å². The number of hydrogen-bond donors (Lipinski definition) is 3. The van der Waals surface area contributed by atoms with Crippen molar-refractivity contribution in [1.82, 2.24) is 29.6 Å². The molecule has 2 fully saturated rings. The highest BCUT2D eigenvalue weighted by Gasteiger charge is 2.37. The Morgan fingerprint density at radius 2 is 1.17 bits per heavy atom. The average molecular weight is 669 g/mol. The van der Waals surface area contributed by atoms with Crippen LogP contribution in [-0.2, 0) is 27.4 Å². The Labute approximate surface area is 281 Å². The fraction of sp³-hybridized carbons (Fsp3) is 0.588. The topological polar surface area (TPSA) is 177 Å². The predicted octanol–water partition coefficient (Wildman–Crippen LogP) is 2.88. The fourth-order valence-electron chi connectivity index (χ4n) is 7.43. The highest BCUT2D eigenvalue weighted by atomic mass is 16.5. The third kappa shape index (κ3) is 10.3. The van der Waals surface area contributed by atoms with Gasteiger partial charge in [0.1, 0.15) is 18.1 Å². The maximum absolute atomic E-state index is 12.2. The van der Waals surface area contributed by atoms with E-state index in [1.807, 2.05) is 25.1 Å². The lowest BCUT2D eigenvalue weighted by molar-refractivity contribution is -0.140. The number of aromatic nitrogens is 2. The molecule has 0 aliphatic heterocycles. The zero-order valence-electron chi connectivity index (χ0n) is 27.8. The minimum absolute atomic E-state index is 0.00247. The Hall–Kier alpha value is -3.98. The first-order valence-corrected chi connectivity index (χ1v) is 16.6. The van der Waals surface area contributed by atoms with Gasteiger partial charge in [-0.15, -0.1) is 0 Å². The van der Waals surface area contributed by atoms with E-state index in [2.05, 4.69) is 24.7 Å². The number of likely N-dealkylation sites (N-methyl/N-ethyl adjacent to an activating group) is 2. The number of hydrogen-bond acceptors (Lipinski definition) is 11. The quantitative estimate of drug-likeness (QED) is 0.156. The van der Waals surface area contributed by atoms with Crippen LogP contribution >= 0.6 is 0 Å². The van der Waals surface area contributed by atoms with Crippen molar-refractivity contribution in [3.05, 3.63) is 59.2 Å². The second-order valence-electron chi connectivity index (χ2n) is 12.9. The van der Waals surface area contributed by atoms with E-state index in [1.54, 1.807) is 18.2 Å². The van der Waals surface area contributed by atoms with Crippen molar-refractivity contribution >= 4 is 24.4 Å². The average Bonchev–Trinajstić information content (AvgIpc) is 3.07. The van der Waals surface area contributed by atoms with Gasteiger partial charge in [-0.2, -0.15) is 0 Å². The van der Waals surface area contributed by atoms with Gasteiger partial charge >= 0.3 is 17.9 Å². The van der Waals surface area contributed by atoms with Crippen LogP contribution in [0, 0.1) is 0 Å². The first kappa shape index (κ1) is 36.8. The summed E-state index contributed by atoms with van der Waals surface area (Å²) >= 11 is 0. The van der Waals surface area contributed by atoms with Crippen molar-refractivity contribution in [2.24, 2.45) is 0 Å². The van der Waals surface area contributed by atoms with Gasteiger partial charge in [-0.05, 0) is 64.0 Å². The van der Waals surface area contributed by atoms with Gasteiger partial charge in [0.25, 0.3) is 6.47 Å². The van der Waals surface area contributed by atoms with Crippen molar-refractivity contribution in [2.75, 3.05) is 40.5 Å². The zero-order valence-corrected chi connectivity index (χ0v) is 27.8. The summed E-state index contributed by atoms with van der Waals surface area (Å²) in [6.07, 6.45) is 7.50. The second kappa shape index (κ2) is 18.0. The minimum atomic E-state index is -1.08. The van der Waals surface area contributed by atoms with Gasteiger partial charge in [0.2, 0.25) is 0 Å². The summed E-state index contributed by atoms with van der Waals surface area (Å²) in [4.78, 5) is 63.5. The summed E-state index contributed by atoms with van der Waals surface area (Å²) < 4.78 is 5.31. The van der Waals surface area contributed by atoms with Crippen LogP contribution in [0.5, 0.6) is 0 Å². The fourth-order valence-corrected chi connectivity index (χ4v) is 7.43. The van der Waals surface area contributed by atoms with Crippen molar-refractivity contribution in [2.45, 2.75) is 88.6 Å². The molecule has 0 aromatic carbocycles. The maximum Gasteiger partial charge on any atom is 0.354 e. The predicted molar refractivity (Wildman–Crippen MR) is 175 cm³/mol. The van der Waals surface area contributed by atoms with E-state index in [4.69, 9.17) is 4.74 Å². The standard InChI is InChI=1S/C34H48N6O8/c1-37(19-24-9-7-11-26(35-24)33(44)45)28-13-3-5-15-30(28)39(21-32(42)43)17-18-40(22-48-23-41)31-16-6-4-14-29(31)38(2)20-25-10-8-12-27(36-25)34(46)47/h7-12,23,28-31H,3-6,13-22H2,1-2H3,(H,42,43)(H,44,45)(H,46,47)/t28-,29+,30-,31+/m0/s1. The number of aliphatic carboxylic acids is 1. The number of ether oxygens (including phenoxy) is 1. The highest BCUT2D eigenvalue weighted by Crippen LogP contribution is 2.30. The van der Waals surface area contributed by atoms with Crippen LogP contribution in [0.3, 0.4) is 0 Å². The lowest BCUT2D eigenvalue weighted by Crippen LogP contribution is -2.57. The van der Waals surface area contributed by atoms with Crippen LogP contribution in [-0.4, -0.2) is 134 Å². The summed E-state index contributed by atoms with van der Waals surface area (Å²) in [5, 5.41) is 28.7. The Morgan fingerprint density at radius 3 is 1.60 bits per heavy atom. The molecule has 0 saturated heterocycles. The Bertz CT molecular complexity index is 1390. The molecule has 2 aromatic rings. The second-order valence-corrected chi connectivity index (χ2v) is 12.9. The number of rotatable bonds is 18. The molecular weight excluding hydrogens is 620 g/mol. The van der Waals surface area contributed by atoms with Crippen LogP contribution in [0.2, 0.25) is 0 Å². The van der Waals surface area contributed by atoms with Gasteiger partial charge < -0.3 is 20.1 Å². The molecule has 262 valence electrons. The third-order valence-corrected chi connectivity index (χ3v) is 9.65. The first-order chi connectivity index (χ1) is 23.1. The summed E-state index contributed by atoms with van der Waals surface area (Å²) in [7, 11) is 3.97. The summed E-state index contributed by atoms with van der Waals surface area (Å²) in [5.74, 6) is -3.07. The van der Waals surface area contributed by atoms with E-state index in [0.717, 1.165) is 51.4 Å². The van der Waals surface area contributed by atoms with Crippen molar-refractivity contribution in [3.63, 3.8) is 0 Å². The summed E-state index contributed by atoms with van der Waals surface area (Å²) in [6, 6.07) is 10.0. The van der Waals surface area contributed by atoms with E-state index >= 15 is 0 Å². The maximum atomic E-state index is 12.2. The number of carboxylic acid groups (broad SMARTS) is 3. The molecule has 2 aliphatic carbocycles. The van der Waals surface area contributed by atoms with Gasteiger partial charge in [0.15, 0.2) is 0 Å². The Balaban J connectivity index is 1.50. The molecule has 4 rings (SSSR count). The zero-order chi connectivity index (χ0) is 34.6. The van der Waals surface area contributed by atoms with E-state index in [1.165, 1.54) is 12.1 Å². The van der Waals surface area contributed by atoms with Gasteiger partial charge in [-0.3, -0.25) is 29.2 Å². The van der Waals surface area contributed by atoms with Crippen LogP contribution in [0.1, 0.15) is 83.7 Å². The molecule has 14 heteroatoms. The molecule has 3 N–H and O–H groups in total. The molecule has 2 aliphatic rings. The number of carbonyl (C=O) groups excluding carboxylic acids is 1. The van der Waals surface area contributed by atoms with E-state index in [9.17, 15) is 34.5 Å². The van der Waals surface area contributed by atoms with E-state index in [-0.39, 0.29) is 48.8 Å². The molecular formula is C34H48N6O8. The van der Waals surface area contributed by atoms with E-state index in [0.29, 0.717) is 44.0 Å². The first-order valence-electron chi connectivity index (χ1n) is 16.6. The molecule has 0 unspecified atom stereocenters. The van der Waals surface area contributed by atoms with Crippen LogP contribution in [0.25, 0.3) is 0 Å². The Kier molecular flexibility index (Phi) is 13.8. The van der Waals surface area contributed by atoms with Crippen molar-refractivity contribution in [3.8, 4) is 0 Å². The number of pyridine rings is 2. The SMILES string of the molecule is CN(Cc1cccc(C(=O)O)n1)[C@@H]1CCCC[C@H]1N(CCN(CC(=O)O)[C@H]1CCCC[C@@H]1N(C)Cc1cccc(C(=O)O)n1)COC=O. The van der Waals surface area contributed by atoms with E-state index < -0.39 is 17.9 Å². The molecule has 0 spiro atoms. The van der Waals surface area contributed by atoms with Gasteiger partial charge in [0, 0.05) is 50.3 Å². The highest BCUT2D eigenvalue weighted by molar-refractivity contribution is 5.85. The largest absolute Gasteiger partial charge is 0.480 e. The van der Waals surface area contributed by atoms with Gasteiger partial charge in [0.05, 0.1) is 17.9 Å². The molecule has 2 aromatic heterocycles. The van der Waals surface area contributed by atoms with Crippen molar-refractivity contribution in [1.29, 1.82) is 0 Å². The lowest BCUT2D eigenvalue weighted by Gasteiger charge is -2.46. The molecule has 2 saturated carbocycles. The van der Waals surface area contributed by atoms with Crippen LogP contribution < -0.4 is 0 Å². The molecule has 0 radical (unpaired) electrons. The number of carboxylic acids is 3. The van der Waals surface area contributed by atoms with Crippen LogP contribution in [0.15, 0.2) is 36.4 Å². The van der Waals surface area contributed by atoms with Crippen LogP contribution in [0.4, 0.5) is 0 Å². The number of nitrogens with zero attached hydrogens (tertiary/aromatic N) is 6. The normalized spacial score (nSPS) is 21.5. The Morgan fingerprint density at radius 1 is 0.729 bits per heavy atom. The molecule has 14 nitrogen and oxygen atoms in total. The molecule has 48 heavy (non-hydrogen) atoms. The monoisotopic (exact) mass is 668 g/mol. The van der Waals surface area contributed by atoms with Gasteiger partial charge in [-0.25, -0.2) is 19.6 Å². The lowest BCUT2D eigenvalue weighted by atomic mass is 9.87. The smallest absolute Gasteiger partial charge is 0.354 e. The van der Waals surface area contributed by atoms with Gasteiger partial charge in [-0.1, -0.05) is 37.8 Å². The number of aromatic carboxylic acids is 2.